The highest BCUT2D eigenvalue weighted by Gasteiger charge is 2.20. The minimum absolute atomic E-state index is 0.161. The summed E-state index contributed by atoms with van der Waals surface area (Å²) in [6.45, 7) is 4.34. The second-order valence-electron chi connectivity index (χ2n) is 4.43. The van der Waals surface area contributed by atoms with Crippen molar-refractivity contribution in [2.45, 2.75) is 32.5 Å². The fraction of sp³-hybridized carbons (Fsp3) is 0.417. The Balaban J connectivity index is 2.58. The zero-order chi connectivity index (χ0) is 12.2. The lowest BCUT2D eigenvalue weighted by Crippen LogP contribution is -2.48. The monoisotopic (exact) mass is 221 g/mol. The number of nitrogens with one attached hydrogen (secondary N) is 1. The van der Waals surface area contributed by atoms with Crippen molar-refractivity contribution >= 4 is 5.91 Å². The van der Waals surface area contributed by atoms with Gasteiger partial charge in [-0.2, -0.15) is 0 Å². The van der Waals surface area contributed by atoms with Crippen LogP contribution < -0.4 is 16.8 Å². The third-order valence-corrected chi connectivity index (χ3v) is 2.27. The van der Waals surface area contributed by atoms with Gasteiger partial charge in [0.05, 0.1) is 5.54 Å². The summed E-state index contributed by atoms with van der Waals surface area (Å²) in [7, 11) is 0. The Morgan fingerprint density at radius 3 is 2.56 bits per heavy atom. The van der Waals surface area contributed by atoms with E-state index in [1.165, 1.54) is 0 Å². The molecule has 88 valence electrons. The highest BCUT2D eigenvalue weighted by atomic mass is 16.2. The lowest BCUT2D eigenvalue weighted by Gasteiger charge is -2.17. The molecule has 0 saturated carbocycles. The van der Waals surface area contributed by atoms with Crippen LogP contribution in [-0.2, 0) is 17.9 Å². The molecule has 16 heavy (non-hydrogen) atoms. The standard InChI is InChI=1S/C12H19N3O/c1-12(2,14)11(16)15-8-10-5-3-4-9(6-10)7-13/h3-6H,7-8,13-14H2,1-2H3,(H,15,16). The molecule has 0 atom stereocenters. The number of nitrogens with two attached hydrogens (primary N) is 2. The van der Waals surface area contributed by atoms with Gasteiger partial charge in [0.25, 0.3) is 0 Å². The van der Waals surface area contributed by atoms with E-state index in [0.717, 1.165) is 11.1 Å². The molecule has 0 bridgehead atoms. The molecule has 1 aromatic rings. The highest BCUT2D eigenvalue weighted by molar-refractivity contribution is 5.84. The summed E-state index contributed by atoms with van der Waals surface area (Å²) in [5.41, 5.74) is 12.4. The van der Waals surface area contributed by atoms with Crippen LogP contribution in [0.25, 0.3) is 0 Å². The molecule has 1 aromatic carbocycles. The minimum atomic E-state index is -0.842. The predicted octanol–water partition coefficient (Wildman–Crippen LogP) is 0.499. The van der Waals surface area contributed by atoms with Crippen LogP contribution in [0.15, 0.2) is 24.3 Å². The third kappa shape index (κ3) is 3.64. The largest absolute Gasteiger partial charge is 0.350 e. The van der Waals surface area contributed by atoms with Crippen molar-refractivity contribution in [3.63, 3.8) is 0 Å². The number of carbonyl (C=O) groups is 1. The van der Waals surface area contributed by atoms with Crippen LogP contribution in [0.4, 0.5) is 0 Å². The highest BCUT2D eigenvalue weighted by Crippen LogP contribution is 2.05. The van der Waals surface area contributed by atoms with E-state index in [1.807, 2.05) is 24.3 Å². The first-order chi connectivity index (χ1) is 7.43. The second-order valence-corrected chi connectivity index (χ2v) is 4.43. The van der Waals surface area contributed by atoms with Crippen molar-refractivity contribution in [2.24, 2.45) is 11.5 Å². The van der Waals surface area contributed by atoms with Crippen molar-refractivity contribution in [1.29, 1.82) is 0 Å². The third-order valence-electron chi connectivity index (χ3n) is 2.27. The van der Waals surface area contributed by atoms with Gasteiger partial charge in [0.15, 0.2) is 0 Å². The van der Waals surface area contributed by atoms with Crippen molar-refractivity contribution in [3.8, 4) is 0 Å². The summed E-state index contributed by atoms with van der Waals surface area (Å²) in [5.74, 6) is -0.161. The van der Waals surface area contributed by atoms with E-state index in [4.69, 9.17) is 11.5 Å². The van der Waals surface area contributed by atoms with Crippen LogP contribution in [0.2, 0.25) is 0 Å². The van der Waals surface area contributed by atoms with E-state index >= 15 is 0 Å². The first kappa shape index (κ1) is 12.7. The van der Waals surface area contributed by atoms with Gasteiger partial charge in [-0.25, -0.2) is 0 Å². The van der Waals surface area contributed by atoms with Gasteiger partial charge < -0.3 is 16.8 Å². The second kappa shape index (κ2) is 5.09. The molecule has 0 aliphatic carbocycles. The normalized spacial score (nSPS) is 11.2. The summed E-state index contributed by atoms with van der Waals surface area (Å²) in [6.07, 6.45) is 0. The molecule has 0 fully saturated rings. The molecule has 0 unspecified atom stereocenters. The van der Waals surface area contributed by atoms with Crippen molar-refractivity contribution < 1.29 is 4.79 Å². The van der Waals surface area contributed by atoms with Crippen LogP contribution in [0.3, 0.4) is 0 Å². The van der Waals surface area contributed by atoms with E-state index in [0.29, 0.717) is 13.1 Å². The number of amides is 1. The fourth-order valence-corrected chi connectivity index (χ4v) is 1.28. The molecular weight excluding hydrogens is 202 g/mol. The van der Waals surface area contributed by atoms with Crippen LogP contribution in [0.1, 0.15) is 25.0 Å². The van der Waals surface area contributed by atoms with E-state index < -0.39 is 5.54 Å². The molecule has 1 rings (SSSR count). The van der Waals surface area contributed by atoms with Gasteiger partial charge in [0.1, 0.15) is 0 Å². The molecule has 1 amide bonds. The van der Waals surface area contributed by atoms with Crippen LogP contribution in [-0.4, -0.2) is 11.4 Å². The Bertz CT molecular complexity index is 369. The zero-order valence-electron chi connectivity index (χ0n) is 9.79. The average molecular weight is 221 g/mol. The topological polar surface area (TPSA) is 81.1 Å². The first-order valence-electron chi connectivity index (χ1n) is 5.28. The van der Waals surface area contributed by atoms with Gasteiger partial charge >= 0.3 is 0 Å². The maximum absolute atomic E-state index is 11.5. The maximum Gasteiger partial charge on any atom is 0.239 e. The molecule has 0 saturated heterocycles. The molecule has 5 N–H and O–H groups in total. The predicted molar refractivity (Wildman–Crippen MR) is 64.4 cm³/mol. The number of hydrogen-bond acceptors (Lipinski definition) is 3. The SMILES string of the molecule is CC(C)(N)C(=O)NCc1cccc(CN)c1. The van der Waals surface area contributed by atoms with Gasteiger partial charge in [0.2, 0.25) is 5.91 Å². The summed E-state index contributed by atoms with van der Waals surface area (Å²) in [5, 5.41) is 2.79. The van der Waals surface area contributed by atoms with Crippen LogP contribution in [0, 0.1) is 0 Å². The molecule has 0 aliphatic rings. The van der Waals surface area contributed by atoms with E-state index in [9.17, 15) is 4.79 Å². The lowest BCUT2D eigenvalue weighted by atomic mass is 10.1. The first-order valence-corrected chi connectivity index (χ1v) is 5.28. The zero-order valence-corrected chi connectivity index (χ0v) is 9.79. The molecule has 0 radical (unpaired) electrons. The summed E-state index contributed by atoms with van der Waals surface area (Å²) in [4.78, 5) is 11.5. The molecule has 4 heteroatoms. The van der Waals surface area contributed by atoms with E-state index in [2.05, 4.69) is 5.32 Å². The van der Waals surface area contributed by atoms with Gasteiger partial charge in [-0.15, -0.1) is 0 Å². The van der Waals surface area contributed by atoms with E-state index in [1.54, 1.807) is 13.8 Å². The number of hydrogen-bond donors (Lipinski definition) is 3. The summed E-state index contributed by atoms with van der Waals surface area (Å²) < 4.78 is 0. The average Bonchev–Trinajstić information content (AvgIpc) is 2.25. The Morgan fingerprint density at radius 1 is 1.38 bits per heavy atom. The molecule has 0 heterocycles. The maximum atomic E-state index is 11.5. The molecule has 0 spiro atoms. The molecule has 0 aliphatic heterocycles. The van der Waals surface area contributed by atoms with Gasteiger partial charge in [-0.1, -0.05) is 24.3 Å². The van der Waals surface area contributed by atoms with E-state index in [-0.39, 0.29) is 5.91 Å². The quantitative estimate of drug-likeness (QED) is 0.692. The van der Waals surface area contributed by atoms with Gasteiger partial charge in [-0.3, -0.25) is 4.79 Å². The molecule has 4 nitrogen and oxygen atoms in total. The molecular formula is C12H19N3O. The van der Waals surface area contributed by atoms with Gasteiger partial charge in [0, 0.05) is 13.1 Å². The Morgan fingerprint density at radius 2 is 2.00 bits per heavy atom. The van der Waals surface area contributed by atoms with Crippen LogP contribution >= 0.6 is 0 Å². The van der Waals surface area contributed by atoms with Crippen molar-refractivity contribution in [1.82, 2.24) is 5.32 Å². The summed E-state index contributed by atoms with van der Waals surface area (Å²) >= 11 is 0. The van der Waals surface area contributed by atoms with Crippen molar-refractivity contribution in [3.05, 3.63) is 35.4 Å². The van der Waals surface area contributed by atoms with Crippen molar-refractivity contribution in [2.75, 3.05) is 0 Å². The van der Waals surface area contributed by atoms with Gasteiger partial charge in [-0.05, 0) is 25.0 Å². The molecule has 0 aromatic heterocycles. The number of carbonyl (C=O) groups excluding carboxylic acids is 1. The number of benzene rings is 1. The Hall–Kier alpha value is -1.39. The fourth-order valence-electron chi connectivity index (χ4n) is 1.28. The number of rotatable bonds is 4. The minimum Gasteiger partial charge on any atom is -0.350 e. The lowest BCUT2D eigenvalue weighted by molar-refractivity contribution is -0.125. The summed E-state index contributed by atoms with van der Waals surface area (Å²) in [6, 6.07) is 7.81. The Labute approximate surface area is 96.0 Å². The smallest absolute Gasteiger partial charge is 0.239 e. The Kier molecular flexibility index (Phi) is 4.04. The van der Waals surface area contributed by atoms with Crippen LogP contribution in [0.5, 0.6) is 0 Å².